The fourth-order valence-electron chi connectivity index (χ4n) is 3.36. The first-order valence-corrected chi connectivity index (χ1v) is 8.29. The van der Waals surface area contributed by atoms with Gasteiger partial charge in [0, 0.05) is 26.0 Å². The van der Waals surface area contributed by atoms with Crippen molar-refractivity contribution in [2.75, 3.05) is 13.2 Å². The average Bonchev–Trinajstić information content (AvgIpc) is 3.07. The van der Waals surface area contributed by atoms with Gasteiger partial charge in [-0.05, 0) is 31.6 Å². The molecule has 2 saturated heterocycles. The minimum Gasteiger partial charge on any atom is -0.375 e. The highest BCUT2D eigenvalue weighted by molar-refractivity contribution is 5.76. The number of rotatable bonds is 4. The molecule has 0 aliphatic carbocycles. The van der Waals surface area contributed by atoms with Crippen molar-refractivity contribution in [3.63, 3.8) is 0 Å². The van der Waals surface area contributed by atoms with Gasteiger partial charge in [-0.25, -0.2) is 0 Å². The highest BCUT2D eigenvalue weighted by Gasteiger charge is 2.38. The predicted molar refractivity (Wildman–Crippen MR) is 80.0 cm³/mol. The summed E-state index contributed by atoms with van der Waals surface area (Å²) in [6, 6.07) is 0. The predicted octanol–water partition coefficient (Wildman–Crippen LogP) is 2.33. The Labute approximate surface area is 131 Å². The maximum atomic E-state index is 12.3. The Morgan fingerprint density at radius 2 is 2.18 bits per heavy atom. The Balaban J connectivity index is 1.61. The third kappa shape index (κ3) is 3.48. The molecule has 1 aromatic rings. The number of carbonyl (C=O) groups is 1. The second-order valence-electron chi connectivity index (χ2n) is 6.90. The van der Waals surface area contributed by atoms with Crippen molar-refractivity contribution in [1.29, 1.82) is 0 Å². The first-order chi connectivity index (χ1) is 10.6. The van der Waals surface area contributed by atoms with Gasteiger partial charge < -0.3 is 14.2 Å². The minimum absolute atomic E-state index is 0.0650. The van der Waals surface area contributed by atoms with Crippen LogP contribution >= 0.6 is 0 Å². The summed E-state index contributed by atoms with van der Waals surface area (Å²) in [5.41, 5.74) is -0.0650. The number of carbonyl (C=O) groups excluding carboxylic acids is 1. The summed E-state index contributed by atoms with van der Waals surface area (Å²) in [5.74, 6) is 1.91. The van der Waals surface area contributed by atoms with E-state index in [1.165, 1.54) is 0 Å². The highest BCUT2D eigenvalue weighted by atomic mass is 16.5. The Morgan fingerprint density at radius 1 is 1.32 bits per heavy atom. The van der Waals surface area contributed by atoms with E-state index in [-0.39, 0.29) is 11.5 Å². The van der Waals surface area contributed by atoms with Gasteiger partial charge in [0.25, 0.3) is 0 Å². The van der Waals surface area contributed by atoms with Crippen LogP contribution in [-0.2, 0) is 22.5 Å². The quantitative estimate of drug-likeness (QED) is 0.854. The lowest BCUT2D eigenvalue weighted by Gasteiger charge is -2.26. The molecule has 2 fully saturated rings. The van der Waals surface area contributed by atoms with E-state index in [9.17, 15) is 4.79 Å². The minimum atomic E-state index is -0.0650. The molecule has 122 valence electrons. The van der Waals surface area contributed by atoms with Crippen molar-refractivity contribution >= 4 is 5.91 Å². The molecule has 1 amide bonds. The van der Waals surface area contributed by atoms with Crippen LogP contribution in [0.2, 0.25) is 0 Å². The van der Waals surface area contributed by atoms with Gasteiger partial charge in [-0.1, -0.05) is 19.0 Å². The van der Waals surface area contributed by atoms with Crippen molar-refractivity contribution in [2.24, 2.45) is 5.92 Å². The van der Waals surface area contributed by atoms with Crippen LogP contribution in [0.25, 0.3) is 0 Å². The van der Waals surface area contributed by atoms with Crippen LogP contribution in [0, 0.1) is 5.92 Å². The van der Waals surface area contributed by atoms with Gasteiger partial charge in [0.1, 0.15) is 0 Å². The molecule has 0 radical (unpaired) electrons. The zero-order valence-corrected chi connectivity index (χ0v) is 13.5. The zero-order valence-electron chi connectivity index (χ0n) is 13.5. The average molecular weight is 307 g/mol. The third-order valence-corrected chi connectivity index (χ3v) is 4.59. The smallest absolute Gasteiger partial charge is 0.226 e. The number of aromatic nitrogens is 2. The van der Waals surface area contributed by atoms with E-state index in [4.69, 9.17) is 9.26 Å². The van der Waals surface area contributed by atoms with E-state index < -0.39 is 0 Å². The fraction of sp³-hybridized carbons (Fsp3) is 0.812. The van der Waals surface area contributed by atoms with Gasteiger partial charge in [0.2, 0.25) is 11.8 Å². The molecule has 2 aliphatic rings. The van der Waals surface area contributed by atoms with E-state index in [1.54, 1.807) is 0 Å². The standard InChI is InChI=1S/C16H25N3O3/c1-12(2)10-14-17-13(18-22-14)11-19-8-7-16(5-3-9-21-16)6-4-15(19)20/h12H,3-11H2,1-2H3/t16-/m0/s1. The lowest BCUT2D eigenvalue weighted by atomic mass is 9.92. The number of hydrogen-bond acceptors (Lipinski definition) is 5. The first kappa shape index (κ1) is 15.5. The number of nitrogens with zero attached hydrogens (tertiary/aromatic N) is 3. The highest BCUT2D eigenvalue weighted by Crippen LogP contribution is 2.36. The third-order valence-electron chi connectivity index (χ3n) is 4.59. The van der Waals surface area contributed by atoms with Gasteiger partial charge >= 0.3 is 0 Å². The van der Waals surface area contributed by atoms with Crippen molar-refractivity contribution in [2.45, 2.75) is 64.5 Å². The summed E-state index contributed by atoms with van der Waals surface area (Å²) in [7, 11) is 0. The first-order valence-electron chi connectivity index (χ1n) is 8.29. The number of ether oxygens (including phenoxy) is 1. The fourth-order valence-corrected chi connectivity index (χ4v) is 3.36. The van der Waals surface area contributed by atoms with Crippen molar-refractivity contribution in [1.82, 2.24) is 15.0 Å². The van der Waals surface area contributed by atoms with E-state index in [0.717, 1.165) is 38.7 Å². The molecule has 1 aromatic heterocycles. The maximum absolute atomic E-state index is 12.3. The second-order valence-corrected chi connectivity index (χ2v) is 6.90. The van der Waals surface area contributed by atoms with Crippen LogP contribution in [0.5, 0.6) is 0 Å². The molecule has 3 rings (SSSR count). The zero-order chi connectivity index (χ0) is 15.6. The monoisotopic (exact) mass is 307 g/mol. The summed E-state index contributed by atoms with van der Waals surface area (Å²) in [6.45, 7) is 6.22. The van der Waals surface area contributed by atoms with Crippen LogP contribution in [0.1, 0.15) is 57.7 Å². The SMILES string of the molecule is CC(C)Cc1nc(CN2CC[C@]3(CCCO3)CCC2=O)no1. The molecule has 0 unspecified atom stereocenters. The van der Waals surface area contributed by atoms with Crippen LogP contribution in [-0.4, -0.2) is 39.7 Å². The molecule has 2 aliphatic heterocycles. The van der Waals surface area contributed by atoms with Crippen LogP contribution in [0.15, 0.2) is 4.52 Å². The molecular weight excluding hydrogens is 282 g/mol. The molecule has 0 N–H and O–H groups in total. The summed E-state index contributed by atoms with van der Waals surface area (Å²) in [5, 5.41) is 4.01. The summed E-state index contributed by atoms with van der Waals surface area (Å²) >= 11 is 0. The summed E-state index contributed by atoms with van der Waals surface area (Å²) in [6.07, 6.45) is 5.27. The van der Waals surface area contributed by atoms with Crippen molar-refractivity contribution < 1.29 is 14.1 Å². The Hall–Kier alpha value is -1.43. The van der Waals surface area contributed by atoms with E-state index in [2.05, 4.69) is 24.0 Å². The van der Waals surface area contributed by atoms with Crippen LogP contribution < -0.4 is 0 Å². The van der Waals surface area contributed by atoms with Crippen LogP contribution in [0.3, 0.4) is 0 Å². The summed E-state index contributed by atoms with van der Waals surface area (Å²) in [4.78, 5) is 18.6. The Morgan fingerprint density at radius 3 is 2.91 bits per heavy atom. The molecule has 3 heterocycles. The number of likely N-dealkylation sites (tertiary alicyclic amines) is 1. The molecule has 1 spiro atoms. The number of hydrogen-bond donors (Lipinski definition) is 0. The van der Waals surface area contributed by atoms with E-state index in [0.29, 0.717) is 37.1 Å². The van der Waals surface area contributed by atoms with E-state index in [1.807, 2.05) is 4.90 Å². The molecular formula is C16H25N3O3. The van der Waals surface area contributed by atoms with Crippen molar-refractivity contribution in [3.8, 4) is 0 Å². The normalized spacial score (nSPS) is 26.1. The van der Waals surface area contributed by atoms with Crippen molar-refractivity contribution in [3.05, 3.63) is 11.7 Å². The largest absolute Gasteiger partial charge is 0.375 e. The van der Waals surface area contributed by atoms with Gasteiger partial charge in [-0.15, -0.1) is 0 Å². The molecule has 22 heavy (non-hydrogen) atoms. The topological polar surface area (TPSA) is 68.5 Å². The second kappa shape index (κ2) is 6.36. The molecule has 6 heteroatoms. The van der Waals surface area contributed by atoms with Gasteiger partial charge in [-0.3, -0.25) is 4.79 Å². The van der Waals surface area contributed by atoms with Gasteiger partial charge in [0.05, 0.1) is 12.1 Å². The maximum Gasteiger partial charge on any atom is 0.226 e. The lowest BCUT2D eigenvalue weighted by Crippen LogP contribution is -2.32. The lowest BCUT2D eigenvalue weighted by molar-refractivity contribution is -0.131. The Bertz CT molecular complexity index is 520. The van der Waals surface area contributed by atoms with Gasteiger partial charge in [0.15, 0.2) is 5.82 Å². The summed E-state index contributed by atoms with van der Waals surface area (Å²) < 4.78 is 11.2. The molecule has 0 saturated carbocycles. The molecule has 1 atom stereocenters. The molecule has 6 nitrogen and oxygen atoms in total. The number of amides is 1. The van der Waals surface area contributed by atoms with E-state index >= 15 is 0 Å². The van der Waals surface area contributed by atoms with Crippen LogP contribution in [0.4, 0.5) is 0 Å². The Kier molecular flexibility index (Phi) is 4.47. The molecule has 0 aromatic carbocycles. The van der Waals surface area contributed by atoms with Gasteiger partial charge in [-0.2, -0.15) is 4.98 Å². The molecule has 0 bridgehead atoms.